The number of anilines is 1. The Labute approximate surface area is 98.5 Å². The van der Waals surface area contributed by atoms with Crippen molar-refractivity contribution in [3.05, 3.63) is 35.2 Å². The molecule has 2 heterocycles. The highest BCUT2D eigenvalue weighted by Gasteiger charge is 2.36. The molecule has 0 radical (unpaired) electrons. The van der Waals surface area contributed by atoms with Crippen LogP contribution in [-0.4, -0.2) is 4.98 Å². The van der Waals surface area contributed by atoms with Crippen molar-refractivity contribution in [2.24, 2.45) is 5.92 Å². The molecule has 16 heavy (non-hydrogen) atoms. The van der Waals surface area contributed by atoms with Crippen LogP contribution < -0.4 is 5.32 Å². The van der Waals surface area contributed by atoms with E-state index in [1.165, 1.54) is 6.42 Å². The number of furan rings is 1. The van der Waals surface area contributed by atoms with Gasteiger partial charge in [-0.05, 0) is 24.5 Å². The highest BCUT2D eigenvalue weighted by atomic mass is 32.1. The largest absolute Gasteiger partial charge is 0.464 e. The molecule has 2 unspecified atom stereocenters. The lowest BCUT2D eigenvalue weighted by Gasteiger charge is -1.98. The Morgan fingerprint density at radius 3 is 3.12 bits per heavy atom. The van der Waals surface area contributed by atoms with Crippen LogP contribution in [0.15, 0.2) is 28.1 Å². The number of aromatic nitrogens is 1. The third kappa shape index (κ3) is 1.97. The van der Waals surface area contributed by atoms with Crippen molar-refractivity contribution in [2.75, 3.05) is 5.32 Å². The van der Waals surface area contributed by atoms with Crippen LogP contribution in [0.25, 0.3) is 0 Å². The lowest BCUT2D eigenvalue weighted by atomic mass is 10.3. The number of hydrogen-bond acceptors (Lipinski definition) is 4. The number of hydrogen-bond donors (Lipinski definition) is 1. The minimum Gasteiger partial charge on any atom is -0.464 e. The van der Waals surface area contributed by atoms with E-state index in [-0.39, 0.29) is 0 Å². The standard InChI is InChI=1S/C12H14N2OS/c1-8-6-10(8)11-3-2-9(15-11)7-14-12-13-4-5-16-12/h2-5,8,10H,6-7H2,1H3,(H,13,14). The maximum absolute atomic E-state index is 5.79. The second-order valence-electron chi connectivity index (χ2n) is 4.31. The average Bonchev–Trinajstić information content (AvgIpc) is 2.80. The molecule has 1 fully saturated rings. The molecule has 1 N–H and O–H groups in total. The summed E-state index contributed by atoms with van der Waals surface area (Å²) in [6, 6.07) is 4.16. The van der Waals surface area contributed by atoms with Gasteiger partial charge in [0.25, 0.3) is 0 Å². The molecular formula is C12H14N2OS. The van der Waals surface area contributed by atoms with E-state index in [0.717, 1.165) is 22.6 Å². The van der Waals surface area contributed by atoms with Crippen LogP contribution in [0.1, 0.15) is 30.8 Å². The summed E-state index contributed by atoms with van der Waals surface area (Å²) in [5, 5.41) is 6.14. The van der Waals surface area contributed by atoms with E-state index in [2.05, 4.69) is 29.4 Å². The quantitative estimate of drug-likeness (QED) is 0.880. The molecule has 1 aliphatic rings. The molecule has 0 bridgehead atoms. The number of rotatable bonds is 4. The molecule has 84 valence electrons. The van der Waals surface area contributed by atoms with Crippen molar-refractivity contribution in [1.29, 1.82) is 0 Å². The summed E-state index contributed by atoms with van der Waals surface area (Å²) in [5.74, 6) is 3.59. The molecular weight excluding hydrogens is 220 g/mol. The van der Waals surface area contributed by atoms with Crippen LogP contribution in [0.3, 0.4) is 0 Å². The van der Waals surface area contributed by atoms with Crippen molar-refractivity contribution < 1.29 is 4.42 Å². The molecule has 2 atom stereocenters. The minimum atomic E-state index is 0.661. The van der Waals surface area contributed by atoms with Crippen LogP contribution in [0.4, 0.5) is 5.13 Å². The highest BCUT2D eigenvalue weighted by molar-refractivity contribution is 7.13. The van der Waals surface area contributed by atoms with Crippen LogP contribution in [0.5, 0.6) is 0 Å². The van der Waals surface area contributed by atoms with Gasteiger partial charge in [-0.3, -0.25) is 0 Å². The van der Waals surface area contributed by atoms with Crippen LogP contribution in [0.2, 0.25) is 0 Å². The first-order valence-corrected chi connectivity index (χ1v) is 6.43. The number of nitrogens with zero attached hydrogens (tertiary/aromatic N) is 1. The smallest absolute Gasteiger partial charge is 0.182 e. The Balaban J connectivity index is 1.60. The summed E-state index contributed by atoms with van der Waals surface area (Å²) < 4.78 is 5.79. The third-order valence-electron chi connectivity index (χ3n) is 3.00. The maximum Gasteiger partial charge on any atom is 0.182 e. The topological polar surface area (TPSA) is 38.1 Å². The Hall–Kier alpha value is -1.29. The van der Waals surface area contributed by atoms with Gasteiger partial charge in [0.2, 0.25) is 0 Å². The molecule has 2 aromatic heterocycles. The fourth-order valence-corrected chi connectivity index (χ4v) is 2.41. The van der Waals surface area contributed by atoms with Crippen molar-refractivity contribution in [1.82, 2.24) is 4.98 Å². The average molecular weight is 234 g/mol. The van der Waals surface area contributed by atoms with Gasteiger partial charge in [0, 0.05) is 17.5 Å². The van der Waals surface area contributed by atoms with Gasteiger partial charge in [-0.1, -0.05) is 6.92 Å². The normalized spacial score (nSPS) is 23.3. The molecule has 0 aliphatic heterocycles. The second kappa shape index (κ2) is 3.94. The first kappa shape index (κ1) is 9.90. The Kier molecular flexibility index (Phi) is 2.44. The van der Waals surface area contributed by atoms with Crippen molar-refractivity contribution in [3.8, 4) is 0 Å². The summed E-state index contributed by atoms with van der Waals surface area (Å²) in [7, 11) is 0. The minimum absolute atomic E-state index is 0.661. The van der Waals surface area contributed by atoms with Gasteiger partial charge in [0.1, 0.15) is 11.5 Å². The second-order valence-corrected chi connectivity index (χ2v) is 5.21. The van der Waals surface area contributed by atoms with Crippen molar-refractivity contribution in [2.45, 2.75) is 25.8 Å². The van der Waals surface area contributed by atoms with Crippen molar-refractivity contribution in [3.63, 3.8) is 0 Å². The molecule has 0 spiro atoms. The lowest BCUT2D eigenvalue weighted by Crippen LogP contribution is -1.96. The maximum atomic E-state index is 5.79. The van der Waals surface area contributed by atoms with E-state index in [4.69, 9.17) is 4.42 Å². The molecule has 1 aliphatic carbocycles. The van der Waals surface area contributed by atoms with Gasteiger partial charge >= 0.3 is 0 Å². The van der Waals surface area contributed by atoms with Gasteiger partial charge < -0.3 is 9.73 Å². The number of nitrogens with one attached hydrogen (secondary N) is 1. The van der Waals surface area contributed by atoms with E-state index in [9.17, 15) is 0 Å². The highest BCUT2D eigenvalue weighted by Crippen LogP contribution is 2.47. The van der Waals surface area contributed by atoms with Gasteiger partial charge in [-0.15, -0.1) is 11.3 Å². The van der Waals surface area contributed by atoms with Crippen LogP contribution >= 0.6 is 11.3 Å². The summed E-state index contributed by atoms with van der Waals surface area (Å²) in [6.07, 6.45) is 3.07. The first-order chi connectivity index (χ1) is 7.83. The molecule has 3 nitrogen and oxygen atoms in total. The van der Waals surface area contributed by atoms with Crippen LogP contribution in [-0.2, 0) is 6.54 Å². The SMILES string of the molecule is CC1CC1c1ccc(CNc2nccs2)o1. The molecule has 2 aromatic rings. The predicted molar refractivity (Wildman–Crippen MR) is 64.7 cm³/mol. The zero-order valence-electron chi connectivity index (χ0n) is 9.14. The van der Waals surface area contributed by atoms with E-state index < -0.39 is 0 Å². The third-order valence-corrected chi connectivity index (χ3v) is 3.73. The van der Waals surface area contributed by atoms with Crippen LogP contribution in [0, 0.1) is 5.92 Å². The zero-order chi connectivity index (χ0) is 11.0. The first-order valence-electron chi connectivity index (χ1n) is 5.55. The fraction of sp³-hybridized carbons (Fsp3) is 0.417. The monoisotopic (exact) mass is 234 g/mol. The fourth-order valence-electron chi connectivity index (χ4n) is 1.88. The van der Waals surface area contributed by atoms with Crippen molar-refractivity contribution >= 4 is 16.5 Å². The lowest BCUT2D eigenvalue weighted by molar-refractivity contribution is 0.468. The van der Waals surface area contributed by atoms with E-state index in [1.54, 1.807) is 17.5 Å². The summed E-state index contributed by atoms with van der Waals surface area (Å²) in [5.41, 5.74) is 0. The molecule has 4 heteroatoms. The van der Waals surface area contributed by atoms with E-state index in [0.29, 0.717) is 12.5 Å². The predicted octanol–water partition coefficient (Wildman–Crippen LogP) is 3.47. The summed E-state index contributed by atoms with van der Waals surface area (Å²) in [4.78, 5) is 4.16. The van der Waals surface area contributed by atoms with Gasteiger partial charge in [-0.2, -0.15) is 0 Å². The Bertz CT molecular complexity index is 463. The molecule has 0 saturated heterocycles. The van der Waals surface area contributed by atoms with Gasteiger partial charge in [-0.25, -0.2) is 4.98 Å². The number of thiazole rings is 1. The van der Waals surface area contributed by atoms with Gasteiger partial charge in [0.15, 0.2) is 5.13 Å². The summed E-state index contributed by atoms with van der Waals surface area (Å²) >= 11 is 1.60. The molecule has 1 saturated carbocycles. The molecule has 0 aromatic carbocycles. The Morgan fingerprint density at radius 2 is 2.44 bits per heavy atom. The Morgan fingerprint density at radius 1 is 1.56 bits per heavy atom. The van der Waals surface area contributed by atoms with E-state index >= 15 is 0 Å². The van der Waals surface area contributed by atoms with E-state index in [1.807, 2.05) is 5.38 Å². The van der Waals surface area contributed by atoms with Gasteiger partial charge in [0.05, 0.1) is 6.54 Å². The summed E-state index contributed by atoms with van der Waals surface area (Å²) in [6.45, 7) is 2.98. The molecule has 3 rings (SSSR count). The zero-order valence-corrected chi connectivity index (χ0v) is 9.96. The molecule has 0 amide bonds.